The van der Waals surface area contributed by atoms with Gasteiger partial charge in [0.2, 0.25) is 5.91 Å². The predicted molar refractivity (Wildman–Crippen MR) is 75.4 cm³/mol. The molecule has 1 aromatic carbocycles. The molecule has 0 heterocycles. The first-order valence-corrected chi connectivity index (χ1v) is 6.71. The fourth-order valence-electron chi connectivity index (χ4n) is 1.87. The molecule has 3 nitrogen and oxygen atoms in total. The Bertz CT molecular complexity index is 355. The Hall–Kier alpha value is -1.35. The van der Waals surface area contributed by atoms with E-state index in [9.17, 15) is 4.79 Å². The van der Waals surface area contributed by atoms with Crippen LogP contribution < -0.4 is 5.32 Å². The van der Waals surface area contributed by atoms with Crippen molar-refractivity contribution < 1.29 is 4.79 Å². The fraction of sp³-hybridized carbons (Fsp3) is 0.533. The normalized spacial score (nSPS) is 10.4. The van der Waals surface area contributed by atoms with Crippen molar-refractivity contribution in [2.75, 3.05) is 19.6 Å². The maximum Gasteiger partial charge on any atom is 0.223 e. The molecule has 0 radical (unpaired) electrons. The summed E-state index contributed by atoms with van der Waals surface area (Å²) in [6.07, 6.45) is 0.577. The van der Waals surface area contributed by atoms with Gasteiger partial charge in [0.15, 0.2) is 0 Å². The van der Waals surface area contributed by atoms with Crippen molar-refractivity contribution in [1.29, 1.82) is 0 Å². The molecule has 0 unspecified atom stereocenters. The van der Waals surface area contributed by atoms with Gasteiger partial charge in [0.1, 0.15) is 0 Å². The summed E-state index contributed by atoms with van der Waals surface area (Å²) in [5.74, 6) is 0.233. The summed E-state index contributed by atoms with van der Waals surface area (Å²) in [4.78, 5) is 13.6. The Labute approximate surface area is 110 Å². The Morgan fingerprint density at radius 3 is 2.33 bits per heavy atom. The molecule has 0 aromatic heterocycles. The molecule has 0 atom stereocenters. The molecule has 18 heavy (non-hydrogen) atoms. The second-order valence-corrected chi connectivity index (χ2v) is 4.48. The molecular formula is C15H24N2O. The highest BCUT2D eigenvalue weighted by molar-refractivity contribution is 5.76. The number of hydrogen-bond acceptors (Lipinski definition) is 2. The zero-order chi connectivity index (χ0) is 13.4. The summed E-state index contributed by atoms with van der Waals surface area (Å²) in [5, 5.41) is 3.31. The zero-order valence-corrected chi connectivity index (χ0v) is 11.7. The van der Waals surface area contributed by atoms with Gasteiger partial charge < -0.3 is 10.2 Å². The van der Waals surface area contributed by atoms with Crippen LogP contribution in [0.25, 0.3) is 0 Å². The fourth-order valence-corrected chi connectivity index (χ4v) is 1.87. The van der Waals surface area contributed by atoms with Gasteiger partial charge in [0, 0.05) is 32.6 Å². The van der Waals surface area contributed by atoms with Crippen LogP contribution in [0.2, 0.25) is 0 Å². The number of nitrogens with zero attached hydrogens (tertiary/aromatic N) is 1. The SMILES string of the molecule is CCN(CC)C(=O)CCNCc1ccc(C)cc1. The van der Waals surface area contributed by atoms with Gasteiger partial charge >= 0.3 is 0 Å². The van der Waals surface area contributed by atoms with Crippen LogP contribution in [0.1, 0.15) is 31.4 Å². The van der Waals surface area contributed by atoms with Crippen LogP contribution in [0.5, 0.6) is 0 Å². The molecule has 1 aromatic rings. The van der Waals surface area contributed by atoms with Crippen LogP contribution >= 0.6 is 0 Å². The standard InChI is InChI=1S/C15H24N2O/c1-4-17(5-2)15(18)10-11-16-12-14-8-6-13(3)7-9-14/h6-9,16H,4-5,10-12H2,1-3H3. The van der Waals surface area contributed by atoms with E-state index >= 15 is 0 Å². The average Bonchev–Trinajstić information content (AvgIpc) is 2.38. The van der Waals surface area contributed by atoms with Crippen LogP contribution in [0, 0.1) is 6.92 Å². The van der Waals surface area contributed by atoms with Gasteiger partial charge in [0.25, 0.3) is 0 Å². The minimum Gasteiger partial charge on any atom is -0.343 e. The molecule has 1 rings (SSSR count). The van der Waals surface area contributed by atoms with E-state index in [1.165, 1.54) is 11.1 Å². The highest BCUT2D eigenvalue weighted by Crippen LogP contribution is 2.02. The number of aryl methyl sites for hydroxylation is 1. The number of hydrogen-bond donors (Lipinski definition) is 1. The third kappa shape index (κ3) is 4.88. The average molecular weight is 248 g/mol. The molecule has 0 saturated carbocycles. The number of nitrogens with one attached hydrogen (secondary N) is 1. The number of carbonyl (C=O) groups excluding carboxylic acids is 1. The Morgan fingerprint density at radius 1 is 1.17 bits per heavy atom. The Kier molecular flexibility index (Phi) is 6.44. The lowest BCUT2D eigenvalue weighted by molar-refractivity contribution is -0.130. The summed E-state index contributed by atoms with van der Waals surface area (Å²) in [6, 6.07) is 8.46. The highest BCUT2D eigenvalue weighted by atomic mass is 16.2. The van der Waals surface area contributed by atoms with Crippen molar-refractivity contribution in [1.82, 2.24) is 10.2 Å². The van der Waals surface area contributed by atoms with Crippen LogP contribution in [0.3, 0.4) is 0 Å². The summed E-state index contributed by atoms with van der Waals surface area (Å²) in [6.45, 7) is 9.28. The number of rotatable bonds is 7. The molecule has 0 bridgehead atoms. The van der Waals surface area contributed by atoms with Gasteiger partial charge in [-0.15, -0.1) is 0 Å². The molecule has 1 amide bonds. The summed E-state index contributed by atoms with van der Waals surface area (Å²) >= 11 is 0. The van der Waals surface area contributed by atoms with Crippen LogP contribution in [0.4, 0.5) is 0 Å². The maximum absolute atomic E-state index is 11.7. The molecule has 1 N–H and O–H groups in total. The van der Waals surface area contributed by atoms with Gasteiger partial charge in [-0.05, 0) is 26.3 Å². The van der Waals surface area contributed by atoms with Crippen molar-refractivity contribution in [2.45, 2.75) is 33.7 Å². The third-order valence-corrected chi connectivity index (χ3v) is 3.08. The van der Waals surface area contributed by atoms with Crippen LogP contribution in [-0.2, 0) is 11.3 Å². The van der Waals surface area contributed by atoms with E-state index in [4.69, 9.17) is 0 Å². The van der Waals surface area contributed by atoms with Gasteiger partial charge in [-0.25, -0.2) is 0 Å². The molecule has 0 fully saturated rings. The van der Waals surface area contributed by atoms with E-state index in [1.807, 2.05) is 18.7 Å². The minimum atomic E-state index is 0.233. The quantitative estimate of drug-likeness (QED) is 0.751. The second-order valence-electron chi connectivity index (χ2n) is 4.48. The summed E-state index contributed by atoms with van der Waals surface area (Å²) < 4.78 is 0. The molecule has 0 aliphatic heterocycles. The third-order valence-electron chi connectivity index (χ3n) is 3.08. The lowest BCUT2D eigenvalue weighted by atomic mass is 10.1. The number of benzene rings is 1. The lowest BCUT2D eigenvalue weighted by Gasteiger charge is -2.18. The molecule has 100 valence electrons. The van der Waals surface area contributed by atoms with Gasteiger partial charge in [-0.1, -0.05) is 29.8 Å². The molecule has 3 heteroatoms. The summed E-state index contributed by atoms with van der Waals surface area (Å²) in [5.41, 5.74) is 2.53. The van der Waals surface area contributed by atoms with Gasteiger partial charge in [-0.3, -0.25) is 4.79 Å². The first-order chi connectivity index (χ1) is 8.67. The van der Waals surface area contributed by atoms with Crippen LogP contribution in [-0.4, -0.2) is 30.4 Å². The second kappa shape index (κ2) is 7.88. The van der Waals surface area contributed by atoms with Crippen molar-refractivity contribution in [3.8, 4) is 0 Å². The zero-order valence-electron chi connectivity index (χ0n) is 11.7. The van der Waals surface area contributed by atoms with Crippen molar-refractivity contribution >= 4 is 5.91 Å². The Morgan fingerprint density at radius 2 is 1.78 bits per heavy atom. The van der Waals surface area contributed by atoms with Gasteiger partial charge in [-0.2, -0.15) is 0 Å². The first-order valence-electron chi connectivity index (χ1n) is 6.71. The molecule has 0 saturated heterocycles. The van der Waals surface area contributed by atoms with Gasteiger partial charge in [0.05, 0.1) is 0 Å². The first kappa shape index (κ1) is 14.7. The smallest absolute Gasteiger partial charge is 0.223 e. The number of carbonyl (C=O) groups is 1. The molecule has 0 aliphatic carbocycles. The van der Waals surface area contributed by atoms with E-state index in [0.29, 0.717) is 6.42 Å². The van der Waals surface area contributed by atoms with Crippen LogP contribution in [0.15, 0.2) is 24.3 Å². The highest BCUT2D eigenvalue weighted by Gasteiger charge is 2.07. The topological polar surface area (TPSA) is 32.3 Å². The van der Waals surface area contributed by atoms with Crippen molar-refractivity contribution in [2.24, 2.45) is 0 Å². The molecule has 0 spiro atoms. The summed E-state index contributed by atoms with van der Waals surface area (Å²) in [7, 11) is 0. The molecular weight excluding hydrogens is 224 g/mol. The van der Waals surface area contributed by atoms with E-state index in [-0.39, 0.29) is 5.91 Å². The number of amides is 1. The lowest BCUT2D eigenvalue weighted by Crippen LogP contribution is -2.32. The van der Waals surface area contributed by atoms with E-state index in [2.05, 4.69) is 36.5 Å². The largest absolute Gasteiger partial charge is 0.343 e. The Balaban J connectivity index is 2.22. The molecule has 0 aliphatic rings. The minimum absolute atomic E-state index is 0.233. The van der Waals surface area contributed by atoms with E-state index in [1.54, 1.807) is 0 Å². The van der Waals surface area contributed by atoms with Crippen molar-refractivity contribution in [3.63, 3.8) is 0 Å². The predicted octanol–water partition coefficient (Wildman–Crippen LogP) is 2.34. The van der Waals surface area contributed by atoms with Crippen molar-refractivity contribution in [3.05, 3.63) is 35.4 Å². The maximum atomic E-state index is 11.7. The van der Waals surface area contributed by atoms with E-state index < -0.39 is 0 Å². The monoisotopic (exact) mass is 248 g/mol. The van der Waals surface area contributed by atoms with E-state index in [0.717, 1.165) is 26.2 Å².